The maximum atomic E-state index is 5.61. The third-order valence-corrected chi connectivity index (χ3v) is 4.92. The number of nitrogens with one attached hydrogen (secondary N) is 1. The number of fused-ring (bicyclic) bond motifs is 1. The Balaban J connectivity index is 1.78. The molecule has 0 saturated heterocycles. The lowest BCUT2D eigenvalue weighted by Gasteiger charge is -2.33. The molecule has 1 heterocycles. The van der Waals surface area contributed by atoms with Gasteiger partial charge in [-0.05, 0) is 48.9 Å². The molecule has 1 saturated carbocycles. The van der Waals surface area contributed by atoms with Crippen LogP contribution in [0.15, 0.2) is 18.2 Å². The summed E-state index contributed by atoms with van der Waals surface area (Å²) in [6.45, 7) is 3.24. The lowest BCUT2D eigenvalue weighted by atomic mass is 9.77. The van der Waals surface area contributed by atoms with Crippen molar-refractivity contribution in [3.05, 3.63) is 29.3 Å². The van der Waals surface area contributed by atoms with Crippen LogP contribution in [0.5, 0.6) is 5.75 Å². The van der Waals surface area contributed by atoms with Crippen LogP contribution in [0.4, 0.5) is 0 Å². The zero-order valence-electron chi connectivity index (χ0n) is 12.1. The molecule has 0 bridgehead atoms. The van der Waals surface area contributed by atoms with Crippen LogP contribution >= 0.6 is 0 Å². The summed E-state index contributed by atoms with van der Waals surface area (Å²) >= 11 is 0. The summed E-state index contributed by atoms with van der Waals surface area (Å²) in [5.74, 6) is 2.81. The first-order chi connectivity index (χ1) is 9.28. The second-order valence-electron chi connectivity index (χ2n) is 6.25. The molecule has 0 radical (unpaired) electrons. The molecule has 1 unspecified atom stereocenters. The van der Waals surface area contributed by atoms with Gasteiger partial charge in [0.15, 0.2) is 0 Å². The van der Waals surface area contributed by atoms with Gasteiger partial charge in [-0.1, -0.05) is 31.9 Å². The Morgan fingerprint density at radius 2 is 2.00 bits per heavy atom. The van der Waals surface area contributed by atoms with E-state index in [0.717, 1.165) is 30.6 Å². The number of rotatable bonds is 3. The van der Waals surface area contributed by atoms with Gasteiger partial charge in [-0.3, -0.25) is 0 Å². The smallest absolute Gasteiger partial charge is 0.122 e. The molecule has 1 N–H and O–H groups in total. The second kappa shape index (κ2) is 5.54. The van der Waals surface area contributed by atoms with Gasteiger partial charge in [0, 0.05) is 12.5 Å². The number of hydrogen-bond donors (Lipinski definition) is 1. The predicted octanol–water partition coefficient (Wildman–Crippen LogP) is 3.71. The Kier molecular flexibility index (Phi) is 3.79. The third kappa shape index (κ3) is 2.64. The van der Waals surface area contributed by atoms with Crippen molar-refractivity contribution in [2.45, 2.75) is 45.1 Å². The molecule has 1 fully saturated rings. The lowest BCUT2D eigenvalue weighted by molar-refractivity contribution is 0.238. The molecule has 2 nitrogen and oxygen atoms in total. The predicted molar refractivity (Wildman–Crippen MR) is 78.6 cm³/mol. The van der Waals surface area contributed by atoms with E-state index in [0.29, 0.717) is 6.04 Å². The van der Waals surface area contributed by atoms with Crippen molar-refractivity contribution < 1.29 is 4.74 Å². The van der Waals surface area contributed by atoms with Crippen molar-refractivity contribution in [2.75, 3.05) is 13.7 Å². The van der Waals surface area contributed by atoms with E-state index in [1.807, 2.05) is 0 Å². The summed E-state index contributed by atoms with van der Waals surface area (Å²) in [6.07, 6.45) is 6.57. The van der Waals surface area contributed by atoms with E-state index in [-0.39, 0.29) is 0 Å². The van der Waals surface area contributed by atoms with Gasteiger partial charge in [0.2, 0.25) is 0 Å². The van der Waals surface area contributed by atoms with Gasteiger partial charge in [0.25, 0.3) is 0 Å². The highest BCUT2D eigenvalue weighted by Crippen LogP contribution is 2.38. The summed E-state index contributed by atoms with van der Waals surface area (Å²) in [7, 11) is 2.10. The van der Waals surface area contributed by atoms with Gasteiger partial charge in [-0.2, -0.15) is 0 Å². The topological polar surface area (TPSA) is 21.3 Å². The molecule has 1 aliphatic heterocycles. The SMILES string of the molecule is CNC(c1ccc2c(c1)CCO2)C1CCC(C)CC1. The Labute approximate surface area is 116 Å². The molecule has 2 heteroatoms. The number of benzene rings is 1. The zero-order valence-corrected chi connectivity index (χ0v) is 12.1. The zero-order chi connectivity index (χ0) is 13.2. The third-order valence-electron chi connectivity index (χ3n) is 4.92. The van der Waals surface area contributed by atoms with Crippen molar-refractivity contribution in [1.82, 2.24) is 5.32 Å². The van der Waals surface area contributed by atoms with Gasteiger partial charge < -0.3 is 10.1 Å². The summed E-state index contributed by atoms with van der Waals surface area (Å²) < 4.78 is 5.61. The molecule has 3 rings (SSSR count). The minimum Gasteiger partial charge on any atom is -0.493 e. The van der Waals surface area contributed by atoms with Crippen LogP contribution in [0.1, 0.15) is 49.8 Å². The Morgan fingerprint density at radius 3 is 2.74 bits per heavy atom. The van der Waals surface area contributed by atoms with E-state index >= 15 is 0 Å². The van der Waals surface area contributed by atoms with Crippen molar-refractivity contribution in [2.24, 2.45) is 11.8 Å². The van der Waals surface area contributed by atoms with E-state index in [2.05, 4.69) is 37.5 Å². The minimum atomic E-state index is 0.512. The Morgan fingerprint density at radius 1 is 1.21 bits per heavy atom. The highest BCUT2D eigenvalue weighted by molar-refractivity contribution is 5.41. The van der Waals surface area contributed by atoms with Crippen molar-refractivity contribution >= 4 is 0 Å². The van der Waals surface area contributed by atoms with E-state index in [4.69, 9.17) is 4.74 Å². The molecule has 1 aromatic carbocycles. The number of ether oxygens (including phenoxy) is 1. The van der Waals surface area contributed by atoms with Crippen LogP contribution in [0.2, 0.25) is 0 Å². The molecule has 1 aromatic rings. The lowest BCUT2D eigenvalue weighted by Crippen LogP contribution is -2.28. The molecular formula is C17H25NO. The maximum Gasteiger partial charge on any atom is 0.122 e. The largest absolute Gasteiger partial charge is 0.493 e. The van der Waals surface area contributed by atoms with Crippen LogP contribution < -0.4 is 10.1 Å². The van der Waals surface area contributed by atoms with Gasteiger partial charge in [0.1, 0.15) is 5.75 Å². The normalized spacial score (nSPS) is 27.7. The first-order valence-corrected chi connectivity index (χ1v) is 7.71. The van der Waals surface area contributed by atoms with Crippen molar-refractivity contribution in [3.8, 4) is 5.75 Å². The molecule has 1 atom stereocenters. The monoisotopic (exact) mass is 259 g/mol. The molecule has 2 aliphatic rings. The highest BCUT2D eigenvalue weighted by Gasteiger charge is 2.27. The molecule has 19 heavy (non-hydrogen) atoms. The van der Waals surface area contributed by atoms with E-state index in [1.165, 1.54) is 36.8 Å². The average Bonchev–Trinajstić information content (AvgIpc) is 2.89. The highest BCUT2D eigenvalue weighted by atomic mass is 16.5. The van der Waals surface area contributed by atoms with Crippen LogP contribution in [-0.4, -0.2) is 13.7 Å². The summed E-state index contributed by atoms with van der Waals surface area (Å²) in [5, 5.41) is 3.55. The molecule has 0 amide bonds. The average molecular weight is 259 g/mol. The van der Waals surface area contributed by atoms with E-state index < -0.39 is 0 Å². The molecule has 104 valence electrons. The van der Waals surface area contributed by atoms with E-state index in [1.54, 1.807) is 0 Å². The minimum absolute atomic E-state index is 0.512. The maximum absolute atomic E-state index is 5.61. The summed E-state index contributed by atoms with van der Waals surface area (Å²) in [4.78, 5) is 0. The first-order valence-electron chi connectivity index (χ1n) is 7.71. The fourth-order valence-electron chi connectivity index (χ4n) is 3.69. The molecule has 0 spiro atoms. The molecular weight excluding hydrogens is 234 g/mol. The van der Waals surface area contributed by atoms with Gasteiger partial charge in [0.05, 0.1) is 6.61 Å². The van der Waals surface area contributed by atoms with Gasteiger partial charge in [-0.15, -0.1) is 0 Å². The fraction of sp³-hybridized carbons (Fsp3) is 0.647. The van der Waals surface area contributed by atoms with Crippen molar-refractivity contribution in [1.29, 1.82) is 0 Å². The quantitative estimate of drug-likeness (QED) is 0.893. The van der Waals surface area contributed by atoms with Crippen LogP contribution in [0.25, 0.3) is 0 Å². The molecule has 1 aliphatic carbocycles. The second-order valence-corrected chi connectivity index (χ2v) is 6.25. The molecule has 0 aromatic heterocycles. The van der Waals surface area contributed by atoms with E-state index in [9.17, 15) is 0 Å². The summed E-state index contributed by atoms with van der Waals surface area (Å²) in [6, 6.07) is 7.29. The van der Waals surface area contributed by atoms with Crippen LogP contribution in [-0.2, 0) is 6.42 Å². The van der Waals surface area contributed by atoms with Gasteiger partial charge in [-0.25, -0.2) is 0 Å². The van der Waals surface area contributed by atoms with Crippen LogP contribution in [0, 0.1) is 11.8 Å². The Bertz CT molecular complexity index is 435. The Hall–Kier alpha value is -1.02. The standard InChI is InChI=1S/C17H25NO/c1-12-3-5-13(6-4-12)17(18-2)15-7-8-16-14(11-15)9-10-19-16/h7-8,11-13,17-18H,3-6,9-10H2,1-2H3. The van der Waals surface area contributed by atoms with Crippen molar-refractivity contribution in [3.63, 3.8) is 0 Å². The number of hydrogen-bond acceptors (Lipinski definition) is 2. The van der Waals surface area contributed by atoms with Crippen LogP contribution in [0.3, 0.4) is 0 Å². The first kappa shape index (κ1) is 13.0. The van der Waals surface area contributed by atoms with Gasteiger partial charge >= 0.3 is 0 Å². The fourth-order valence-corrected chi connectivity index (χ4v) is 3.69. The summed E-state index contributed by atoms with van der Waals surface area (Å²) in [5.41, 5.74) is 2.84.